The number of hydrogen-bond donors (Lipinski definition) is 3. The quantitative estimate of drug-likeness (QED) is 0.640. The smallest absolute Gasteiger partial charge is 0.253 e. The van der Waals surface area contributed by atoms with Gasteiger partial charge in [0.25, 0.3) is 5.91 Å². The average molecular weight is 193 g/mol. The van der Waals surface area contributed by atoms with Crippen molar-refractivity contribution in [2.75, 3.05) is 13.1 Å². The first-order valence-corrected chi connectivity index (χ1v) is 5.00. The van der Waals surface area contributed by atoms with Crippen LogP contribution in [0.5, 0.6) is 0 Å². The Morgan fingerprint density at radius 1 is 1.57 bits per heavy atom. The van der Waals surface area contributed by atoms with Crippen LogP contribution in [-0.2, 0) is 0 Å². The minimum atomic E-state index is 0.0138. The molecule has 1 unspecified atom stereocenters. The number of rotatable bonds is 2. The minimum absolute atomic E-state index is 0.0138. The predicted octanol–water partition coefficient (Wildman–Crippen LogP) is 0.496. The number of carbonyl (C=O) groups excluding carboxylic acids is 1. The fourth-order valence-corrected chi connectivity index (χ4v) is 1.71. The first-order valence-electron chi connectivity index (χ1n) is 5.00. The lowest BCUT2D eigenvalue weighted by atomic mass is 10.1. The highest BCUT2D eigenvalue weighted by atomic mass is 16.1. The fourth-order valence-electron chi connectivity index (χ4n) is 1.71. The molecule has 2 heterocycles. The molecular formula is C10H15N3O. The van der Waals surface area contributed by atoms with E-state index in [9.17, 15) is 4.79 Å². The summed E-state index contributed by atoms with van der Waals surface area (Å²) in [7, 11) is 0. The van der Waals surface area contributed by atoms with Crippen molar-refractivity contribution in [3.63, 3.8) is 0 Å². The van der Waals surface area contributed by atoms with Crippen LogP contribution >= 0.6 is 0 Å². The van der Waals surface area contributed by atoms with Crippen LogP contribution < -0.4 is 10.6 Å². The van der Waals surface area contributed by atoms with Crippen LogP contribution in [0.3, 0.4) is 0 Å². The third-order valence-corrected chi connectivity index (χ3v) is 2.49. The van der Waals surface area contributed by atoms with Gasteiger partial charge in [0.1, 0.15) is 0 Å². The molecular weight excluding hydrogens is 178 g/mol. The second-order valence-electron chi connectivity index (χ2n) is 3.62. The first-order chi connectivity index (χ1) is 6.86. The van der Waals surface area contributed by atoms with E-state index in [4.69, 9.17) is 0 Å². The Labute approximate surface area is 83.1 Å². The number of piperidine rings is 1. The highest BCUT2D eigenvalue weighted by molar-refractivity contribution is 5.94. The lowest BCUT2D eigenvalue weighted by Gasteiger charge is -2.23. The third-order valence-electron chi connectivity index (χ3n) is 2.49. The Bertz CT molecular complexity index is 288. The molecule has 4 heteroatoms. The monoisotopic (exact) mass is 193 g/mol. The normalized spacial score (nSPS) is 21.9. The summed E-state index contributed by atoms with van der Waals surface area (Å²) in [6.45, 7) is 1.95. The van der Waals surface area contributed by atoms with Crippen LogP contribution in [-0.4, -0.2) is 30.0 Å². The highest BCUT2D eigenvalue weighted by Gasteiger charge is 2.15. The average Bonchev–Trinajstić information content (AvgIpc) is 2.72. The molecule has 1 atom stereocenters. The van der Waals surface area contributed by atoms with E-state index in [2.05, 4.69) is 15.6 Å². The molecule has 0 spiro atoms. The van der Waals surface area contributed by atoms with Crippen molar-refractivity contribution >= 4 is 5.91 Å². The zero-order valence-corrected chi connectivity index (χ0v) is 8.05. The molecule has 1 fully saturated rings. The number of H-pyrrole nitrogens is 1. The molecule has 0 saturated carbocycles. The van der Waals surface area contributed by atoms with E-state index in [0.29, 0.717) is 5.56 Å². The standard InChI is InChI=1S/C10H15N3O/c14-10(8-3-5-12-6-8)13-9-2-1-4-11-7-9/h3,5-6,9,11-12H,1-2,4,7H2,(H,13,14). The summed E-state index contributed by atoms with van der Waals surface area (Å²) < 4.78 is 0. The predicted molar refractivity (Wildman–Crippen MR) is 54.2 cm³/mol. The summed E-state index contributed by atoms with van der Waals surface area (Å²) in [6, 6.07) is 2.07. The van der Waals surface area contributed by atoms with Gasteiger partial charge in [0.2, 0.25) is 0 Å². The molecule has 1 amide bonds. The molecule has 0 aliphatic carbocycles. The number of aromatic nitrogens is 1. The van der Waals surface area contributed by atoms with Crippen molar-refractivity contribution in [1.29, 1.82) is 0 Å². The lowest BCUT2D eigenvalue weighted by molar-refractivity contribution is 0.0931. The Hall–Kier alpha value is -1.29. The molecule has 1 aliphatic heterocycles. The van der Waals surface area contributed by atoms with Crippen molar-refractivity contribution in [1.82, 2.24) is 15.6 Å². The Morgan fingerprint density at radius 3 is 3.14 bits per heavy atom. The van der Waals surface area contributed by atoms with E-state index in [1.807, 2.05) is 0 Å². The summed E-state index contributed by atoms with van der Waals surface area (Å²) in [6.07, 6.45) is 5.68. The van der Waals surface area contributed by atoms with Crippen LogP contribution in [0.1, 0.15) is 23.2 Å². The van der Waals surface area contributed by atoms with Gasteiger partial charge in [-0.1, -0.05) is 0 Å². The topological polar surface area (TPSA) is 56.9 Å². The molecule has 2 rings (SSSR count). The van der Waals surface area contributed by atoms with Crippen molar-refractivity contribution in [2.24, 2.45) is 0 Å². The van der Waals surface area contributed by atoms with Crippen LogP contribution in [0.4, 0.5) is 0 Å². The molecule has 1 aliphatic rings. The minimum Gasteiger partial charge on any atom is -0.367 e. The van der Waals surface area contributed by atoms with Crippen molar-refractivity contribution in [3.05, 3.63) is 24.0 Å². The molecule has 1 saturated heterocycles. The first kappa shape index (κ1) is 9.27. The summed E-state index contributed by atoms with van der Waals surface area (Å²) in [5, 5.41) is 6.26. The maximum atomic E-state index is 11.6. The number of amides is 1. The molecule has 1 aromatic heterocycles. The Kier molecular flexibility index (Phi) is 2.84. The van der Waals surface area contributed by atoms with E-state index in [1.165, 1.54) is 0 Å². The van der Waals surface area contributed by atoms with Gasteiger partial charge in [0.05, 0.1) is 5.56 Å². The number of carbonyl (C=O) groups is 1. The van der Waals surface area contributed by atoms with Gasteiger partial charge in [-0.05, 0) is 25.5 Å². The van der Waals surface area contributed by atoms with Crippen LogP contribution in [0, 0.1) is 0 Å². The molecule has 14 heavy (non-hydrogen) atoms. The van der Waals surface area contributed by atoms with Crippen molar-refractivity contribution < 1.29 is 4.79 Å². The molecule has 1 aromatic rings. The Morgan fingerprint density at radius 2 is 2.50 bits per heavy atom. The Balaban J connectivity index is 1.87. The number of hydrogen-bond acceptors (Lipinski definition) is 2. The molecule has 0 bridgehead atoms. The van der Waals surface area contributed by atoms with Gasteiger partial charge in [-0.15, -0.1) is 0 Å². The van der Waals surface area contributed by atoms with E-state index in [0.717, 1.165) is 25.9 Å². The zero-order chi connectivity index (χ0) is 9.80. The SMILES string of the molecule is O=C(NC1CCCNC1)c1cc[nH]c1. The third kappa shape index (κ3) is 2.14. The largest absolute Gasteiger partial charge is 0.367 e. The van der Waals surface area contributed by atoms with Gasteiger partial charge in [-0.3, -0.25) is 4.79 Å². The van der Waals surface area contributed by atoms with Crippen LogP contribution in [0.25, 0.3) is 0 Å². The molecule has 0 radical (unpaired) electrons. The van der Waals surface area contributed by atoms with Gasteiger partial charge < -0.3 is 15.6 Å². The summed E-state index contributed by atoms with van der Waals surface area (Å²) in [4.78, 5) is 14.5. The van der Waals surface area contributed by atoms with Crippen molar-refractivity contribution in [2.45, 2.75) is 18.9 Å². The van der Waals surface area contributed by atoms with Gasteiger partial charge in [-0.2, -0.15) is 0 Å². The van der Waals surface area contributed by atoms with Gasteiger partial charge in [0.15, 0.2) is 0 Å². The molecule has 3 N–H and O–H groups in total. The second-order valence-corrected chi connectivity index (χ2v) is 3.62. The number of aromatic amines is 1. The summed E-state index contributed by atoms with van der Waals surface area (Å²) in [5.41, 5.74) is 0.704. The summed E-state index contributed by atoms with van der Waals surface area (Å²) >= 11 is 0. The maximum Gasteiger partial charge on any atom is 0.253 e. The second kappa shape index (κ2) is 4.28. The lowest BCUT2D eigenvalue weighted by Crippen LogP contribution is -2.45. The summed E-state index contributed by atoms with van der Waals surface area (Å²) in [5.74, 6) is 0.0138. The van der Waals surface area contributed by atoms with Gasteiger partial charge in [0, 0.05) is 25.0 Å². The van der Waals surface area contributed by atoms with Crippen molar-refractivity contribution in [3.8, 4) is 0 Å². The van der Waals surface area contributed by atoms with Gasteiger partial charge in [-0.25, -0.2) is 0 Å². The van der Waals surface area contributed by atoms with E-state index in [-0.39, 0.29) is 11.9 Å². The molecule has 4 nitrogen and oxygen atoms in total. The van der Waals surface area contributed by atoms with Crippen LogP contribution in [0.2, 0.25) is 0 Å². The molecule has 0 aromatic carbocycles. The fraction of sp³-hybridized carbons (Fsp3) is 0.500. The maximum absolute atomic E-state index is 11.6. The van der Waals surface area contributed by atoms with E-state index in [1.54, 1.807) is 18.5 Å². The van der Waals surface area contributed by atoms with E-state index < -0.39 is 0 Å². The number of nitrogens with one attached hydrogen (secondary N) is 3. The molecule has 76 valence electrons. The highest BCUT2D eigenvalue weighted by Crippen LogP contribution is 2.03. The van der Waals surface area contributed by atoms with Gasteiger partial charge >= 0.3 is 0 Å². The zero-order valence-electron chi connectivity index (χ0n) is 8.05. The van der Waals surface area contributed by atoms with Crippen LogP contribution in [0.15, 0.2) is 18.5 Å². The van der Waals surface area contributed by atoms with E-state index >= 15 is 0 Å².